The van der Waals surface area contributed by atoms with Gasteiger partial charge in [-0.25, -0.2) is 0 Å². The van der Waals surface area contributed by atoms with Gasteiger partial charge in [-0.3, -0.25) is 4.90 Å². The summed E-state index contributed by atoms with van der Waals surface area (Å²) in [4.78, 5) is 2.55. The van der Waals surface area contributed by atoms with Crippen LogP contribution in [0.15, 0.2) is 18.2 Å². The quantitative estimate of drug-likeness (QED) is 0.800. The molecule has 0 heterocycles. The first kappa shape index (κ1) is 16.5. The van der Waals surface area contributed by atoms with Crippen molar-refractivity contribution >= 4 is 0 Å². The van der Waals surface area contributed by atoms with Gasteiger partial charge in [0.1, 0.15) is 0 Å². The predicted octanol–water partition coefficient (Wildman–Crippen LogP) is 3.05. The smallest absolute Gasteiger partial charge is 0.0590 e. The molecular weight excluding hydrogens is 260 g/mol. The van der Waals surface area contributed by atoms with E-state index in [2.05, 4.69) is 43.9 Å². The van der Waals surface area contributed by atoms with Gasteiger partial charge in [0.25, 0.3) is 0 Å². The van der Waals surface area contributed by atoms with Crippen molar-refractivity contribution < 1.29 is 4.74 Å². The van der Waals surface area contributed by atoms with Crippen LogP contribution in [0.5, 0.6) is 0 Å². The molecule has 1 fully saturated rings. The zero-order valence-corrected chi connectivity index (χ0v) is 13.9. The largest absolute Gasteiger partial charge is 0.383 e. The van der Waals surface area contributed by atoms with Crippen molar-refractivity contribution in [3.8, 4) is 0 Å². The standard InChI is InChI=1S/C18H30N2O/c1-13-9-14(2)11-17(10-13)18(12-19)20(7-8-21-4)15(3)16-5-6-16/h9-11,15-16,18H,5-8,12,19H2,1-4H3. The van der Waals surface area contributed by atoms with Crippen LogP contribution in [0.3, 0.4) is 0 Å². The zero-order valence-electron chi connectivity index (χ0n) is 13.9. The zero-order chi connectivity index (χ0) is 15.4. The Morgan fingerprint density at radius 2 is 1.86 bits per heavy atom. The predicted molar refractivity (Wildman–Crippen MR) is 88.5 cm³/mol. The lowest BCUT2D eigenvalue weighted by Gasteiger charge is -2.36. The Labute approximate surface area is 129 Å². The normalized spacial score (nSPS) is 18.0. The van der Waals surface area contributed by atoms with E-state index in [1.54, 1.807) is 7.11 Å². The molecule has 0 amide bonds. The molecule has 0 spiro atoms. The maximum Gasteiger partial charge on any atom is 0.0590 e. The van der Waals surface area contributed by atoms with Crippen molar-refractivity contribution in [2.24, 2.45) is 11.7 Å². The van der Waals surface area contributed by atoms with Gasteiger partial charge in [0.05, 0.1) is 6.61 Å². The third-order valence-electron chi connectivity index (χ3n) is 4.63. The first-order chi connectivity index (χ1) is 10.1. The van der Waals surface area contributed by atoms with Crippen molar-refractivity contribution in [2.45, 2.75) is 45.7 Å². The molecule has 1 aliphatic carbocycles. The van der Waals surface area contributed by atoms with E-state index < -0.39 is 0 Å². The van der Waals surface area contributed by atoms with Crippen LogP contribution >= 0.6 is 0 Å². The van der Waals surface area contributed by atoms with E-state index in [1.807, 2.05) is 0 Å². The summed E-state index contributed by atoms with van der Waals surface area (Å²) in [6, 6.07) is 7.65. The highest BCUT2D eigenvalue weighted by molar-refractivity contribution is 5.31. The molecule has 0 aromatic heterocycles. The fourth-order valence-electron chi connectivity index (χ4n) is 3.35. The summed E-state index contributed by atoms with van der Waals surface area (Å²) < 4.78 is 5.32. The van der Waals surface area contributed by atoms with Gasteiger partial charge in [0, 0.05) is 32.3 Å². The Morgan fingerprint density at radius 1 is 1.24 bits per heavy atom. The van der Waals surface area contributed by atoms with Crippen molar-refractivity contribution in [1.29, 1.82) is 0 Å². The van der Waals surface area contributed by atoms with Crippen molar-refractivity contribution in [1.82, 2.24) is 4.90 Å². The highest BCUT2D eigenvalue weighted by Gasteiger charge is 2.35. The topological polar surface area (TPSA) is 38.5 Å². The summed E-state index contributed by atoms with van der Waals surface area (Å²) in [7, 11) is 1.77. The highest BCUT2D eigenvalue weighted by Crippen LogP contribution is 2.38. The van der Waals surface area contributed by atoms with Gasteiger partial charge in [-0.15, -0.1) is 0 Å². The second kappa shape index (κ2) is 7.39. The van der Waals surface area contributed by atoms with E-state index in [0.717, 1.165) is 19.1 Å². The second-order valence-electron chi connectivity index (χ2n) is 6.48. The molecule has 1 saturated carbocycles. The van der Waals surface area contributed by atoms with Crippen LogP contribution in [0.4, 0.5) is 0 Å². The molecule has 1 aliphatic rings. The molecule has 1 aromatic rings. The number of methoxy groups -OCH3 is 1. The summed E-state index contributed by atoms with van der Waals surface area (Å²) in [5.74, 6) is 0.835. The van der Waals surface area contributed by atoms with Crippen LogP contribution < -0.4 is 5.73 Å². The third-order valence-corrected chi connectivity index (χ3v) is 4.63. The van der Waals surface area contributed by atoms with E-state index in [-0.39, 0.29) is 6.04 Å². The van der Waals surface area contributed by atoms with Gasteiger partial charge in [0.2, 0.25) is 0 Å². The number of aryl methyl sites for hydroxylation is 2. The van der Waals surface area contributed by atoms with Gasteiger partial charge >= 0.3 is 0 Å². The lowest BCUT2D eigenvalue weighted by atomic mass is 9.98. The first-order valence-corrected chi connectivity index (χ1v) is 8.09. The molecule has 0 radical (unpaired) electrons. The Hall–Kier alpha value is -0.900. The molecule has 1 aromatic carbocycles. The number of nitrogens with two attached hydrogens (primary N) is 1. The Bertz CT molecular complexity index is 436. The van der Waals surface area contributed by atoms with Crippen molar-refractivity contribution in [2.75, 3.05) is 26.8 Å². The van der Waals surface area contributed by atoms with Gasteiger partial charge in [-0.05, 0) is 45.1 Å². The van der Waals surface area contributed by atoms with Crippen LogP contribution in [0.2, 0.25) is 0 Å². The summed E-state index contributed by atoms with van der Waals surface area (Å²) in [5, 5.41) is 0. The van der Waals surface area contributed by atoms with E-state index in [1.165, 1.54) is 29.5 Å². The van der Waals surface area contributed by atoms with Crippen LogP contribution in [0.25, 0.3) is 0 Å². The molecule has 2 rings (SSSR count). The Balaban J connectivity index is 2.24. The molecule has 0 aliphatic heterocycles. The second-order valence-corrected chi connectivity index (χ2v) is 6.48. The van der Waals surface area contributed by atoms with Crippen LogP contribution in [-0.2, 0) is 4.74 Å². The minimum atomic E-state index is 0.286. The monoisotopic (exact) mass is 290 g/mol. The molecule has 118 valence electrons. The van der Waals surface area contributed by atoms with Crippen LogP contribution in [-0.4, -0.2) is 37.7 Å². The first-order valence-electron chi connectivity index (χ1n) is 8.09. The fourth-order valence-corrected chi connectivity index (χ4v) is 3.35. The molecule has 0 saturated heterocycles. The molecule has 0 bridgehead atoms. The summed E-state index contributed by atoms with van der Waals surface area (Å²) in [6.07, 6.45) is 2.71. The molecule has 2 unspecified atom stereocenters. The minimum absolute atomic E-state index is 0.286. The summed E-state index contributed by atoms with van der Waals surface area (Å²) in [5.41, 5.74) is 10.1. The van der Waals surface area contributed by atoms with E-state index in [9.17, 15) is 0 Å². The van der Waals surface area contributed by atoms with Gasteiger partial charge in [-0.1, -0.05) is 29.3 Å². The lowest BCUT2D eigenvalue weighted by molar-refractivity contribution is 0.0834. The summed E-state index contributed by atoms with van der Waals surface area (Å²) in [6.45, 7) is 9.03. The number of benzene rings is 1. The number of ether oxygens (including phenoxy) is 1. The van der Waals surface area contributed by atoms with E-state index in [4.69, 9.17) is 10.5 Å². The molecule has 21 heavy (non-hydrogen) atoms. The van der Waals surface area contributed by atoms with Gasteiger partial charge in [0.15, 0.2) is 0 Å². The maximum absolute atomic E-state index is 6.15. The van der Waals surface area contributed by atoms with E-state index >= 15 is 0 Å². The number of rotatable bonds is 8. The SMILES string of the molecule is COCCN(C(CN)c1cc(C)cc(C)c1)C(C)C1CC1. The molecule has 2 N–H and O–H groups in total. The van der Waals surface area contributed by atoms with Crippen LogP contribution in [0, 0.1) is 19.8 Å². The van der Waals surface area contributed by atoms with Crippen molar-refractivity contribution in [3.05, 3.63) is 34.9 Å². The van der Waals surface area contributed by atoms with Crippen molar-refractivity contribution in [3.63, 3.8) is 0 Å². The lowest BCUT2D eigenvalue weighted by Crippen LogP contribution is -2.43. The molecule has 3 heteroatoms. The average molecular weight is 290 g/mol. The fraction of sp³-hybridized carbons (Fsp3) is 0.667. The number of hydrogen-bond acceptors (Lipinski definition) is 3. The maximum atomic E-state index is 6.15. The molecule has 3 nitrogen and oxygen atoms in total. The average Bonchev–Trinajstić information content (AvgIpc) is 3.26. The molecule has 2 atom stereocenters. The van der Waals surface area contributed by atoms with Gasteiger partial charge in [-0.2, -0.15) is 0 Å². The Kier molecular flexibility index (Phi) is 5.80. The van der Waals surface area contributed by atoms with Crippen LogP contribution in [0.1, 0.15) is 42.5 Å². The van der Waals surface area contributed by atoms with E-state index in [0.29, 0.717) is 12.6 Å². The highest BCUT2D eigenvalue weighted by atomic mass is 16.5. The van der Waals surface area contributed by atoms with Gasteiger partial charge < -0.3 is 10.5 Å². The molecular formula is C18H30N2O. The number of hydrogen-bond donors (Lipinski definition) is 1. The minimum Gasteiger partial charge on any atom is -0.383 e. The summed E-state index contributed by atoms with van der Waals surface area (Å²) >= 11 is 0. The third kappa shape index (κ3) is 4.29. The Morgan fingerprint density at radius 3 is 2.33 bits per heavy atom. The number of nitrogens with zero attached hydrogens (tertiary/aromatic N) is 1.